The maximum Gasteiger partial charge on any atom is 0.421 e. The maximum absolute atomic E-state index is 13.6. The average molecular weight is 519 g/mol. The van der Waals surface area contributed by atoms with Crippen molar-refractivity contribution < 1.29 is 41.0 Å². The van der Waals surface area contributed by atoms with Crippen LogP contribution in [0.2, 0.25) is 0 Å². The molecule has 192 valence electrons. The Bertz CT molecular complexity index is 1210. The van der Waals surface area contributed by atoms with Gasteiger partial charge in [-0.1, -0.05) is 12.1 Å². The number of carbonyl (C=O) groups excluding carboxylic acids is 1. The second-order valence-electron chi connectivity index (χ2n) is 9.25. The van der Waals surface area contributed by atoms with Crippen LogP contribution in [-0.2, 0) is 26.8 Å². The zero-order valence-electron chi connectivity index (χ0n) is 19.2. The minimum Gasteiger partial charge on any atom is -0.389 e. The molecule has 0 radical (unpaired) electrons. The Labute approximate surface area is 200 Å². The van der Waals surface area contributed by atoms with Crippen molar-refractivity contribution in [3.8, 4) is 0 Å². The van der Waals surface area contributed by atoms with Gasteiger partial charge in [0.25, 0.3) is 10.0 Å². The summed E-state index contributed by atoms with van der Waals surface area (Å²) < 4.78 is 81.4. The maximum atomic E-state index is 13.6. The number of nitrogens with zero attached hydrogens (tertiary/aromatic N) is 1. The first-order valence-electron chi connectivity index (χ1n) is 10.7. The molecule has 0 spiro atoms. The van der Waals surface area contributed by atoms with Gasteiger partial charge in [-0.3, -0.25) is 9.10 Å². The highest BCUT2D eigenvalue weighted by Crippen LogP contribution is 2.42. The Morgan fingerprint density at radius 1 is 1.09 bits per heavy atom. The topological polar surface area (TPSA) is 107 Å². The fourth-order valence-corrected chi connectivity index (χ4v) is 5.40. The predicted octanol–water partition coefficient (Wildman–Crippen LogP) is 2.99. The van der Waals surface area contributed by atoms with Gasteiger partial charge in [0.2, 0.25) is 5.91 Å². The van der Waals surface area contributed by atoms with E-state index in [0.717, 1.165) is 46.8 Å². The van der Waals surface area contributed by atoms with E-state index in [-0.39, 0.29) is 35.5 Å². The summed E-state index contributed by atoms with van der Waals surface area (Å²) in [6.07, 6.45) is -5.01. The zero-order valence-corrected chi connectivity index (χ0v) is 20.0. The number of carbonyl (C=O) groups is 1. The number of hydrogen-bond donors (Lipinski definition) is 3. The van der Waals surface area contributed by atoms with E-state index in [1.807, 2.05) is 0 Å². The first-order valence-corrected chi connectivity index (χ1v) is 12.1. The second-order valence-corrected chi connectivity index (χ2v) is 11.1. The SMILES string of the molecule is CC(C)(O)CNC(=O)C1CCc2cc(C(C)(O)C(F)(F)F)ccc2N1S(=O)(=O)c1ccc(F)cc1. The summed E-state index contributed by atoms with van der Waals surface area (Å²) in [6, 6.07) is 5.77. The molecule has 1 heterocycles. The van der Waals surface area contributed by atoms with Crippen LogP contribution >= 0.6 is 0 Å². The van der Waals surface area contributed by atoms with Crippen molar-refractivity contribution in [1.82, 2.24) is 5.32 Å². The Morgan fingerprint density at radius 2 is 1.69 bits per heavy atom. The molecule has 0 aromatic heterocycles. The number of rotatable bonds is 6. The Morgan fingerprint density at radius 3 is 2.23 bits per heavy atom. The number of sulfonamides is 1. The normalized spacial score (nSPS) is 18.5. The number of nitrogens with one attached hydrogen (secondary N) is 1. The first-order chi connectivity index (χ1) is 15.9. The summed E-state index contributed by atoms with van der Waals surface area (Å²) >= 11 is 0. The minimum atomic E-state index is -4.98. The number of alkyl halides is 3. The molecule has 2 aromatic carbocycles. The highest BCUT2D eigenvalue weighted by atomic mass is 32.2. The molecular weight excluding hydrogens is 492 g/mol. The van der Waals surface area contributed by atoms with Crippen molar-refractivity contribution in [2.45, 2.75) is 61.9 Å². The molecular formula is C23H26F4N2O5S. The number of anilines is 1. The van der Waals surface area contributed by atoms with Crippen molar-refractivity contribution >= 4 is 21.6 Å². The third-order valence-corrected chi connectivity index (χ3v) is 7.61. The van der Waals surface area contributed by atoms with Gasteiger partial charge in [-0.05, 0) is 75.1 Å². The van der Waals surface area contributed by atoms with Crippen LogP contribution < -0.4 is 9.62 Å². The Balaban J connectivity index is 2.12. The predicted molar refractivity (Wildman–Crippen MR) is 120 cm³/mol. The van der Waals surface area contributed by atoms with Crippen molar-refractivity contribution in [2.75, 3.05) is 10.8 Å². The number of aliphatic hydroxyl groups is 2. The Hall–Kier alpha value is -2.70. The van der Waals surface area contributed by atoms with Gasteiger partial charge in [-0.15, -0.1) is 0 Å². The number of amides is 1. The molecule has 7 nitrogen and oxygen atoms in total. The fraction of sp³-hybridized carbons (Fsp3) is 0.435. The fourth-order valence-electron chi connectivity index (χ4n) is 3.72. The van der Waals surface area contributed by atoms with Crippen molar-refractivity contribution in [1.29, 1.82) is 0 Å². The molecule has 1 amide bonds. The van der Waals surface area contributed by atoms with Crippen LogP contribution in [0, 0.1) is 5.82 Å². The number of hydrogen-bond acceptors (Lipinski definition) is 5. The van der Waals surface area contributed by atoms with Crippen LogP contribution in [0.1, 0.15) is 38.3 Å². The van der Waals surface area contributed by atoms with Crippen LogP contribution in [0.15, 0.2) is 47.4 Å². The summed E-state index contributed by atoms with van der Waals surface area (Å²) in [4.78, 5) is 12.7. The van der Waals surface area contributed by atoms with Crippen LogP contribution in [0.5, 0.6) is 0 Å². The van der Waals surface area contributed by atoms with E-state index in [9.17, 15) is 41.0 Å². The van der Waals surface area contributed by atoms with E-state index < -0.39 is 50.7 Å². The van der Waals surface area contributed by atoms with Gasteiger partial charge in [0, 0.05) is 6.54 Å². The van der Waals surface area contributed by atoms with E-state index in [2.05, 4.69) is 5.32 Å². The Kier molecular flexibility index (Phi) is 6.97. The van der Waals surface area contributed by atoms with E-state index >= 15 is 0 Å². The third kappa shape index (κ3) is 5.44. The van der Waals surface area contributed by atoms with Crippen molar-refractivity contribution in [3.63, 3.8) is 0 Å². The number of fused-ring (bicyclic) bond motifs is 1. The monoisotopic (exact) mass is 518 g/mol. The van der Waals surface area contributed by atoms with Gasteiger partial charge in [-0.25, -0.2) is 12.8 Å². The van der Waals surface area contributed by atoms with Gasteiger partial charge in [0.15, 0.2) is 5.60 Å². The molecule has 0 bridgehead atoms. The summed E-state index contributed by atoms with van der Waals surface area (Å²) in [5.41, 5.74) is -4.78. The lowest BCUT2D eigenvalue weighted by molar-refractivity contribution is -0.258. The van der Waals surface area contributed by atoms with Crippen molar-refractivity contribution in [3.05, 3.63) is 59.4 Å². The van der Waals surface area contributed by atoms with E-state index in [0.29, 0.717) is 6.92 Å². The van der Waals surface area contributed by atoms with Gasteiger partial charge in [0.05, 0.1) is 16.2 Å². The molecule has 0 fully saturated rings. The lowest BCUT2D eigenvalue weighted by atomic mass is 9.89. The molecule has 2 unspecified atom stereocenters. The summed E-state index contributed by atoms with van der Waals surface area (Å²) in [6.45, 7) is 3.32. The number of aryl methyl sites for hydroxylation is 1. The molecule has 12 heteroatoms. The summed E-state index contributed by atoms with van der Waals surface area (Å²) in [5.74, 6) is -1.39. The molecule has 3 rings (SSSR count). The van der Waals surface area contributed by atoms with Gasteiger partial charge < -0.3 is 15.5 Å². The third-order valence-electron chi connectivity index (χ3n) is 5.77. The zero-order chi connectivity index (χ0) is 26.4. The lowest BCUT2D eigenvalue weighted by Gasteiger charge is -2.38. The molecule has 2 atom stereocenters. The second kappa shape index (κ2) is 9.07. The molecule has 35 heavy (non-hydrogen) atoms. The van der Waals surface area contributed by atoms with Crippen molar-refractivity contribution in [2.24, 2.45) is 0 Å². The van der Waals surface area contributed by atoms with E-state index in [1.54, 1.807) is 0 Å². The molecule has 2 aromatic rings. The number of benzene rings is 2. The minimum absolute atomic E-state index is 0.0364. The van der Waals surface area contributed by atoms with Gasteiger partial charge in [0.1, 0.15) is 11.9 Å². The van der Waals surface area contributed by atoms with Gasteiger partial charge >= 0.3 is 6.18 Å². The highest BCUT2D eigenvalue weighted by Gasteiger charge is 2.51. The van der Waals surface area contributed by atoms with E-state index in [1.165, 1.54) is 13.8 Å². The smallest absolute Gasteiger partial charge is 0.389 e. The summed E-state index contributed by atoms with van der Waals surface area (Å²) in [7, 11) is -4.46. The highest BCUT2D eigenvalue weighted by molar-refractivity contribution is 7.93. The quantitative estimate of drug-likeness (QED) is 0.510. The van der Waals surface area contributed by atoms with Crippen LogP contribution in [0.25, 0.3) is 0 Å². The molecule has 1 aliphatic heterocycles. The molecule has 0 aliphatic carbocycles. The van der Waals surface area contributed by atoms with Crippen LogP contribution in [-0.4, -0.2) is 48.9 Å². The largest absolute Gasteiger partial charge is 0.421 e. The van der Waals surface area contributed by atoms with Gasteiger partial charge in [-0.2, -0.15) is 13.2 Å². The number of halogens is 4. The molecule has 1 aliphatic rings. The molecule has 0 saturated heterocycles. The van der Waals surface area contributed by atoms with E-state index in [4.69, 9.17) is 0 Å². The van der Waals surface area contributed by atoms with Crippen LogP contribution in [0.3, 0.4) is 0 Å². The standard InChI is InChI=1S/C23H26F4N2O5S/c1-21(2,31)13-28-20(30)19-10-4-14-12-15(22(3,32)23(25,26)27)5-11-18(14)29(19)35(33,34)17-8-6-16(24)7-9-17/h5-9,11-12,19,31-32H,4,10,13H2,1-3H3,(H,28,30). The lowest BCUT2D eigenvalue weighted by Crippen LogP contribution is -2.54. The molecule has 0 saturated carbocycles. The first kappa shape index (κ1) is 26.9. The van der Waals surface area contributed by atoms with Crippen LogP contribution in [0.4, 0.5) is 23.2 Å². The average Bonchev–Trinajstić information content (AvgIpc) is 2.75. The summed E-state index contributed by atoms with van der Waals surface area (Å²) in [5, 5.41) is 22.5. The molecule has 3 N–H and O–H groups in total.